The lowest BCUT2D eigenvalue weighted by atomic mass is 9.98. The van der Waals surface area contributed by atoms with Gasteiger partial charge in [-0.1, -0.05) is 25.6 Å². The summed E-state index contributed by atoms with van der Waals surface area (Å²) in [6.45, 7) is -0.188. The summed E-state index contributed by atoms with van der Waals surface area (Å²) in [5.74, 6) is -0.501. The Hall–Kier alpha value is -1.60. The van der Waals surface area contributed by atoms with Crippen molar-refractivity contribution in [3.63, 3.8) is 0 Å². The molecule has 0 fully saturated rings. The van der Waals surface area contributed by atoms with E-state index in [2.05, 4.69) is 5.32 Å². The zero-order valence-corrected chi connectivity index (χ0v) is 10.1. The summed E-state index contributed by atoms with van der Waals surface area (Å²) in [5.41, 5.74) is 4.69. The molecule has 0 saturated heterocycles. The third kappa shape index (κ3) is 5.18. The lowest BCUT2D eigenvalue weighted by Gasteiger charge is -2.17. The minimum atomic E-state index is -4.50. The molecule has 0 aliphatic rings. The van der Waals surface area contributed by atoms with Crippen LogP contribution in [0.3, 0.4) is 0 Å². The molecule has 0 radical (unpaired) electrons. The van der Waals surface area contributed by atoms with E-state index in [4.69, 9.17) is 10.8 Å². The van der Waals surface area contributed by atoms with Crippen LogP contribution in [0.2, 0.25) is 0 Å². The predicted molar refractivity (Wildman–Crippen MR) is 69.8 cm³/mol. The van der Waals surface area contributed by atoms with E-state index in [0.717, 1.165) is 6.07 Å². The molecule has 0 bridgehead atoms. The first-order valence-electron chi connectivity index (χ1n) is 5.65. The number of nitrogens with one attached hydrogen (secondary N) is 1. The molecular formula is C13H19F3N2O2. The van der Waals surface area contributed by atoms with Crippen molar-refractivity contribution in [3.8, 4) is 0 Å². The van der Waals surface area contributed by atoms with E-state index in [-0.39, 0.29) is 32.6 Å². The predicted octanol–water partition coefficient (Wildman–Crippen LogP) is 1.84. The number of hydrogen-bond donors (Lipinski definition) is 3. The molecule has 0 saturated carbocycles. The van der Waals surface area contributed by atoms with Gasteiger partial charge in [0.1, 0.15) is 0 Å². The van der Waals surface area contributed by atoms with Crippen molar-refractivity contribution in [1.82, 2.24) is 5.32 Å². The summed E-state index contributed by atoms with van der Waals surface area (Å²) in [5, 5.41) is 10.9. The smallest absolute Gasteiger partial charge is 0.395 e. The Bertz CT molecular complexity index is 436. The molecule has 20 heavy (non-hydrogen) atoms. The fourth-order valence-electron chi connectivity index (χ4n) is 1.66. The number of aliphatic hydroxyl groups is 1. The minimum absolute atomic E-state index is 0. The number of rotatable bonds is 5. The Labute approximate surface area is 115 Å². The molecule has 4 nitrogen and oxygen atoms in total. The van der Waals surface area contributed by atoms with Crippen LogP contribution in [0, 0.1) is 0 Å². The van der Waals surface area contributed by atoms with Crippen LogP contribution in [0.4, 0.5) is 13.2 Å². The van der Waals surface area contributed by atoms with Crippen LogP contribution in [0.25, 0.3) is 0 Å². The lowest BCUT2D eigenvalue weighted by Crippen LogP contribution is -2.30. The minimum Gasteiger partial charge on any atom is -0.395 e. The number of alkyl halides is 3. The van der Waals surface area contributed by atoms with Crippen LogP contribution < -0.4 is 11.1 Å². The largest absolute Gasteiger partial charge is 0.416 e. The van der Waals surface area contributed by atoms with Gasteiger partial charge in [0.25, 0.3) is 0 Å². The van der Waals surface area contributed by atoms with E-state index in [1.807, 2.05) is 0 Å². The van der Waals surface area contributed by atoms with Gasteiger partial charge in [0.15, 0.2) is 0 Å². The number of halogens is 3. The highest BCUT2D eigenvalue weighted by Gasteiger charge is 2.34. The van der Waals surface area contributed by atoms with E-state index >= 15 is 0 Å². The van der Waals surface area contributed by atoms with Gasteiger partial charge in [-0.3, -0.25) is 4.79 Å². The van der Waals surface area contributed by atoms with Gasteiger partial charge in [-0.15, -0.1) is 0 Å². The molecule has 0 aromatic heterocycles. The van der Waals surface area contributed by atoms with Crippen molar-refractivity contribution >= 4 is 5.91 Å². The van der Waals surface area contributed by atoms with E-state index in [9.17, 15) is 18.0 Å². The molecule has 0 aliphatic carbocycles. The fourth-order valence-corrected chi connectivity index (χ4v) is 1.66. The lowest BCUT2D eigenvalue weighted by molar-refractivity contribution is -0.138. The molecule has 1 aromatic carbocycles. The number of amides is 1. The SMILES string of the molecule is C.N[C@@H](CC(=O)NCCO)c1ccccc1C(F)(F)F. The molecule has 1 atom stereocenters. The third-order valence-corrected chi connectivity index (χ3v) is 2.50. The standard InChI is InChI=1S/C12H15F3N2O2.CH4/c13-12(14,15)9-4-2-1-3-8(9)10(16)7-11(19)17-5-6-18;/h1-4,10,18H,5-7,16H2,(H,17,19);1H4/t10-;/m0./s1. The van der Waals surface area contributed by atoms with Crippen molar-refractivity contribution in [1.29, 1.82) is 0 Å². The van der Waals surface area contributed by atoms with Gasteiger partial charge >= 0.3 is 6.18 Å². The molecule has 0 unspecified atom stereocenters. The highest BCUT2D eigenvalue weighted by molar-refractivity contribution is 5.76. The van der Waals surface area contributed by atoms with Crippen LogP contribution in [0.1, 0.15) is 31.0 Å². The first-order chi connectivity index (χ1) is 8.86. The average molecular weight is 292 g/mol. The molecule has 0 spiro atoms. The van der Waals surface area contributed by atoms with Crippen LogP contribution in [-0.2, 0) is 11.0 Å². The van der Waals surface area contributed by atoms with E-state index in [0.29, 0.717) is 0 Å². The summed E-state index contributed by atoms with van der Waals surface area (Å²) in [6, 6.07) is 3.85. The van der Waals surface area contributed by atoms with Crippen LogP contribution in [0.5, 0.6) is 0 Å². The number of nitrogens with two attached hydrogens (primary N) is 1. The Morgan fingerprint density at radius 2 is 1.95 bits per heavy atom. The Kier molecular flexibility index (Phi) is 7.23. The van der Waals surface area contributed by atoms with Gasteiger partial charge in [0.05, 0.1) is 12.2 Å². The molecular weight excluding hydrogens is 273 g/mol. The van der Waals surface area contributed by atoms with Gasteiger partial charge < -0.3 is 16.2 Å². The number of aliphatic hydroxyl groups excluding tert-OH is 1. The maximum Gasteiger partial charge on any atom is 0.416 e. The van der Waals surface area contributed by atoms with Crippen molar-refractivity contribution in [3.05, 3.63) is 35.4 Å². The monoisotopic (exact) mass is 292 g/mol. The van der Waals surface area contributed by atoms with Gasteiger partial charge in [-0.25, -0.2) is 0 Å². The zero-order valence-electron chi connectivity index (χ0n) is 10.1. The highest BCUT2D eigenvalue weighted by atomic mass is 19.4. The number of benzene rings is 1. The number of hydrogen-bond acceptors (Lipinski definition) is 3. The summed E-state index contributed by atoms with van der Waals surface area (Å²) in [7, 11) is 0. The normalized spacial score (nSPS) is 12.4. The van der Waals surface area contributed by atoms with E-state index in [1.54, 1.807) is 0 Å². The zero-order chi connectivity index (χ0) is 14.5. The Morgan fingerprint density at radius 3 is 2.50 bits per heavy atom. The quantitative estimate of drug-likeness (QED) is 0.775. The van der Waals surface area contributed by atoms with Gasteiger partial charge in [0, 0.05) is 19.0 Å². The third-order valence-electron chi connectivity index (χ3n) is 2.50. The average Bonchev–Trinajstić information content (AvgIpc) is 2.35. The molecule has 1 amide bonds. The summed E-state index contributed by atoms with van der Waals surface area (Å²) >= 11 is 0. The molecule has 1 rings (SSSR count). The number of carbonyl (C=O) groups excluding carboxylic acids is 1. The molecule has 7 heteroatoms. The van der Waals surface area contributed by atoms with E-state index < -0.39 is 23.7 Å². The van der Waals surface area contributed by atoms with Crippen LogP contribution in [0.15, 0.2) is 24.3 Å². The molecule has 0 aliphatic heterocycles. The summed E-state index contributed by atoms with van der Waals surface area (Å²) < 4.78 is 38.3. The Morgan fingerprint density at radius 1 is 1.35 bits per heavy atom. The second-order valence-electron chi connectivity index (χ2n) is 3.97. The topological polar surface area (TPSA) is 75.4 Å². The highest BCUT2D eigenvalue weighted by Crippen LogP contribution is 2.34. The molecule has 4 N–H and O–H groups in total. The molecule has 0 heterocycles. The number of carbonyl (C=O) groups is 1. The van der Waals surface area contributed by atoms with Crippen LogP contribution in [-0.4, -0.2) is 24.2 Å². The van der Waals surface area contributed by atoms with Crippen molar-refractivity contribution < 1.29 is 23.1 Å². The first-order valence-corrected chi connectivity index (χ1v) is 5.65. The maximum atomic E-state index is 12.8. The van der Waals surface area contributed by atoms with Gasteiger partial charge in [-0.05, 0) is 11.6 Å². The van der Waals surface area contributed by atoms with Crippen molar-refractivity contribution in [2.75, 3.05) is 13.2 Å². The van der Waals surface area contributed by atoms with Crippen LogP contribution >= 0.6 is 0 Å². The second kappa shape index (κ2) is 7.86. The first kappa shape index (κ1) is 18.4. The molecule has 114 valence electrons. The van der Waals surface area contributed by atoms with Crippen molar-refractivity contribution in [2.45, 2.75) is 26.1 Å². The van der Waals surface area contributed by atoms with E-state index in [1.165, 1.54) is 18.2 Å². The molecule has 1 aromatic rings. The summed E-state index contributed by atoms with van der Waals surface area (Å²) in [4.78, 5) is 11.4. The van der Waals surface area contributed by atoms with Gasteiger partial charge in [0.2, 0.25) is 5.91 Å². The van der Waals surface area contributed by atoms with Gasteiger partial charge in [-0.2, -0.15) is 13.2 Å². The fraction of sp³-hybridized carbons (Fsp3) is 0.462. The second-order valence-corrected chi connectivity index (χ2v) is 3.97. The maximum absolute atomic E-state index is 12.8. The Balaban J connectivity index is 0.00000361. The van der Waals surface area contributed by atoms with Crippen molar-refractivity contribution in [2.24, 2.45) is 5.73 Å². The summed E-state index contributed by atoms with van der Waals surface area (Å²) in [6.07, 6.45) is -4.77.